The first-order valence-corrected chi connectivity index (χ1v) is 8.89. The number of halogens is 1. The maximum atomic E-state index is 13.0. The number of likely N-dealkylation sites (tertiary alicyclic amines) is 1. The quantitative estimate of drug-likeness (QED) is 0.575. The molecule has 11 heteroatoms. The number of nitrogens with one attached hydrogen (secondary N) is 2. The first kappa shape index (κ1) is 20.2. The van der Waals surface area contributed by atoms with Crippen LogP contribution in [-0.4, -0.2) is 50.6 Å². The molecule has 10 nitrogen and oxygen atoms in total. The standard InChI is InChI=1S/C18H21FN6O4/c1-18(2,3)29-17(26)24-9-13(10-24)21-15-14(25(27)28)8-20-16(23-15)22-12-6-4-11(19)5-7-12/h4-8,13H,9-10H2,1-3H3,(H2,20,21,22,23). The Morgan fingerprint density at radius 3 is 2.55 bits per heavy atom. The van der Waals surface area contributed by atoms with E-state index in [1.54, 1.807) is 20.8 Å². The van der Waals surface area contributed by atoms with Crippen LogP contribution in [-0.2, 0) is 4.74 Å². The van der Waals surface area contributed by atoms with Crippen LogP contribution in [0.25, 0.3) is 0 Å². The summed E-state index contributed by atoms with van der Waals surface area (Å²) >= 11 is 0. The fourth-order valence-electron chi connectivity index (χ4n) is 2.58. The Bertz CT molecular complexity index is 910. The monoisotopic (exact) mass is 404 g/mol. The third kappa shape index (κ3) is 5.27. The first-order valence-electron chi connectivity index (χ1n) is 8.89. The first-order chi connectivity index (χ1) is 13.6. The second-order valence-corrected chi connectivity index (χ2v) is 7.54. The van der Waals surface area contributed by atoms with Crippen LogP contribution in [0.4, 0.5) is 32.3 Å². The van der Waals surface area contributed by atoms with Gasteiger partial charge in [0.1, 0.15) is 17.6 Å². The minimum Gasteiger partial charge on any atom is -0.444 e. The number of aromatic nitrogens is 2. The number of hydrogen-bond donors (Lipinski definition) is 2. The maximum absolute atomic E-state index is 13.0. The van der Waals surface area contributed by atoms with E-state index in [1.807, 2.05) is 0 Å². The van der Waals surface area contributed by atoms with Crippen molar-refractivity contribution in [3.8, 4) is 0 Å². The van der Waals surface area contributed by atoms with E-state index in [2.05, 4.69) is 20.6 Å². The lowest BCUT2D eigenvalue weighted by Crippen LogP contribution is -2.58. The molecule has 154 valence electrons. The topological polar surface area (TPSA) is 123 Å². The van der Waals surface area contributed by atoms with Gasteiger partial charge in [-0.15, -0.1) is 0 Å². The van der Waals surface area contributed by atoms with Crippen molar-refractivity contribution in [2.24, 2.45) is 0 Å². The molecule has 1 saturated heterocycles. The van der Waals surface area contributed by atoms with E-state index in [4.69, 9.17) is 4.74 Å². The number of nitro groups is 1. The van der Waals surface area contributed by atoms with Gasteiger partial charge in [0.2, 0.25) is 11.8 Å². The minimum atomic E-state index is -0.595. The molecule has 2 aromatic rings. The van der Waals surface area contributed by atoms with Gasteiger partial charge in [-0.1, -0.05) is 0 Å². The highest BCUT2D eigenvalue weighted by molar-refractivity contribution is 5.70. The lowest BCUT2D eigenvalue weighted by molar-refractivity contribution is -0.384. The van der Waals surface area contributed by atoms with Gasteiger partial charge in [-0.05, 0) is 45.0 Å². The molecule has 0 atom stereocenters. The summed E-state index contributed by atoms with van der Waals surface area (Å²) in [7, 11) is 0. The number of benzene rings is 1. The van der Waals surface area contributed by atoms with Gasteiger partial charge in [-0.2, -0.15) is 4.98 Å². The molecule has 0 radical (unpaired) electrons. The normalized spacial score (nSPS) is 14.1. The van der Waals surface area contributed by atoms with E-state index >= 15 is 0 Å². The van der Waals surface area contributed by atoms with Gasteiger partial charge in [0, 0.05) is 18.8 Å². The lowest BCUT2D eigenvalue weighted by atomic mass is 10.1. The molecule has 1 fully saturated rings. The second-order valence-electron chi connectivity index (χ2n) is 7.54. The van der Waals surface area contributed by atoms with Crippen molar-refractivity contribution in [2.45, 2.75) is 32.4 Å². The number of nitrogens with zero attached hydrogens (tertiary/aromatic N) is 4. The van der Waals surface area contributed by atoms with Crippen molar-refractivity contribution in [1.82, 2.24) is 14.9 Å². The Labute approximate surface area is 166 Å². The van der Waals surface area contributed by atoms with Gasteiger partial charge in [0.05, 0.1) is 11.0 Å². The summed E-state index contributed by atoms with van der Waals surface area (Å²) in [6.45, 7) is 5.99. The number of ether oxygens (including phenoxy) is 1. The summed E-state index contributed by atoms with van der Waals surface area (Å²) in [6, 6.07) is 5.32. The number of carbonyl (C=O) groups is 1. The predicted molar refractivity (Wildman–Crippen MR) is 104 cm³/mol. The fraction of sp³-hybridized carbons (Fsp3) is 0.389. The molecule has 3 rings (SSSR count). The van der Waals surface area contributed by atoms with Crippen molar-refractivity contribution in [2.75, 3.05) is 23.7 Å². The van der Waals surface area contributed by atoms with Crippen molar-refractivity contribution >= 4 is 29.2 Å². The van der Waals surface area contributed by atoms with Crippen LogP contribution in [0.15, 0.2) is 30.5 Å². The number of amides is 1. The summed E-state index contributed by atoms with van der Waals surface area (Å²) < 4.78 is 18.3. The van der Waals surface area contributed by atoms with E-state index in [0.29, 0.717) is 18.8 Å². The van der Waals surface area contributed by atoms with Crippen LogP contribution in [0.1, 0.15) is 20.8 Å². The van der Waals surface area contributed by atoms with Gasteiger partial charge in [0.25, 0.3) is 0 Å². The average molecular weight is 404 g/mol. The SMILES string of the molecule is CC(C)(C)OC(=O)N1CC(Nc2nc(Nc3ccc(F)cc3)ncc2[N+](=O)[O-])C1. The number of carbonyl (C=O) groups excluding carboxylic acids is 1. The summed E-state index contributed by atoms with van der Waals surface area (Å²) in [5.41, 5.74) is -0.349. The molecule has 0 aliphatic carbocycles. The van der Waals surface area contributed by atoms with E-state index in [0.717, 1.165) is 6.20 Å². The zero-order valence-electron chi connectivity index (χ0n) is 16.2. The fourth-order valence-corrected chi connectivity index (χ4v) is 2.58. The largest absolute Gasteiger partial charge is 0.444 e. The van der Waals surface area contributed by atoms with Crippen LogP contribution in [0.5, 0.6) is 0 Å². The van der Waals surface area contributed by atoms with E-state index in [-0.39, 0.29) is 29.3 Å². The maximum Gasteiger partial charge on any atom is 0.410 e. The molecule has 1 amide bonds. The summed E-state index contributed by atoms with van der Waals surface area (Å²) in [6.07, 6.45) is 0.650. The van der Waals surface area contributed by atoms with Crippen LogP contribution in [0.2, 0.25) is 0 Å². The molecule has 2 heterocycles. The smallest absolute Gasteiger partial charge is 0.410 e. The van der Waals surface area contributed by atoms with Crippen molar-refractivity contribution in [1.29, 1.82) is 0 Å². The van der Waals surface area contributed by atoms with Crippen molar-refractivity contribution < 1.29 is 18.8 Å². The molecule has 2 N–H and O–H groups in total. The summed E-state index contributed by atoms with van der Waals surface area (Å²) in [4.78, 5) is 32.3. The van der Waals surface area contributed by atoms with E-state index in [1.165, 1.54) is 29.2 Å². The zero-order valence-corrected chi connectivity index (χ0v) is 16.2. The van der Waals surface area contributed by atoms with E-state index < -0.39 is 16.6 Å². The highest BCUT2D eigenvalue weighted by atomic mass is 19.1. The molecule has 29 heavy (non-hydrogen) atoms. The van der Waals surface area contributed by atoms with Gasteiger partial charge in [-0.3, -0.25) is 10.1 Å². The molecule has 0 bridgehead atoms. The summed E-state index contributed by atoms with van der Waals surface area (Å²) in [5, 5.41) is 17.1. The highest BCUT2D eigenvalue weighted by Gasteiger charge is 2.35. The number of anilines is 3. The van der Waals surface area contributed by atoms with Crippen LogP contribution in [0, 0.1) is 15.9 Å². The molecule has 0 spiro atoms. The number of hydrogen-bond acceptors (Lipinski definition) is 8. The van der Waals surface area contributed by atoms with Crippen molar-refractivity contribution in [3.05, 3.63) is 46.4 Å². The molecular formula is C18H21FN6O4. The zero-order chi connectivity index (χ0) is 21.2. The molecule has 1 aliphatic heterocycles. The Morgan fingerprint density at radius 1 is 1.31 bits per heavy atom. The molecule has 0 unspecified atom stereocenters. The van der Waals surface area contributed by atoms with Crippen LogP contribution >= 0.6 is 0 Å². The summed E-state index contributed by atoms with van der Waals surface area (Å²) in [5.74, 6) is -0.237. The van der Waals surface area contributed by atoms with Crippen LogP contribution in [0.3, 0.4) is 0 Å². The highest BCUT2D eigenvalue weighted by Crippen LogP contribution is 2.26. The minimum absolute atomic E-state index is 0.0310. The van der Waals surface area contributed by atoms with Crippen molar-refractivity contribution in [3.63, 3.8) is 0 Å². The molecule has 1 aromatic carbocycles. The van der Waals surface area contributed by atoms with Crippen LogP contribution < -0.4 is 10.6 Å². The predicted octanol–water partition coefficient (Wildman–Crippen LogP) is 3.30. The third-order valence-electron chi connectivity index (χ3n) is 3.94. The Kier molecular flexibility index (Phi) is 5.48. The lowest BCUT2D eigenvalue weighted by Gasteiger charge is -2.40. The van der Waals surface area contributed by atoms with Gasteiger partial charge in [0.15, 0.2) is 0 Å². The molecule has 1 aromatic heterocycles. The molecule has 1 aliphatic rings. The van der Waals surface area contributed by atoms with Gasteiger partial charge >= 0.3 is 11.8 Å². The Hall–Kier alpha value is -3.50. The van der Waals surface area contributed by atoms with E-state index in [9.17, 15) is 19.3 Å². The Morgan fingerprint density at radius 2 is 1.97 bits per heavy atom. The second kappa shape index (κ2) is 7.86. The molecule has 0 saturated carbocycles. The van der Waals surface area contributed by atoms with Gasteiger partial charge in [-0.25, -0.2) is 14.2 Å². The van der Waals surface area contributed by atoms with Gasteiger partial charge < -0.3 is 20.3 Å². The molecular weight excluding hydrogens is 383 g/mol. The number of rotatable bonds is 5. The third-order valence-corrected chi connectivity index (χ3v) is 3.94. The average Bonchev–Trinajstić information content (AvgIpc) is 2.58. The Balaban J connectivity index is 1.67.